The maximum atomic E-state index is 10.6. The van der Waals surface area contributed by atoms with E-state index in [4.69, 9.17) is 9.47 Å². The summed E-state index contributed by atoms with van der Waals surface area (Å²) in [6, 6.07) is 4.52. The van der Waals surface area contributed by atoms with Gasteiger partial charge in [0.2, 0.25) is 0 Å². The fraction of sp³-hybridized carbons (Fsp3) is 0.684. The van der Waals surface area contributed by atoms with Gasteiger partial charge in [0.15, 0.2) is 11.5 Å². The van der Waals surface area contributed by atoms with Gasteiger partial charge in [0.05, 0.1) is 20.3 Å². The summed E-state index contributed by atoms with van der Waals surface area (Å²) < 4.78 is 10.9. The number of piperidine rings is 1. The van der Waals surface area contributed by atoms with Gasteiger partial charge in [-0.05, 0) is 54.4 Å². The third-order valence-electron chi connectivity index (χ3n) is 5.37. The molecule has 0 saturated carbocycles. The number of ether oxygens (including phenoxy) is 2. The molecule has 4 nitrogen and oxygen atoms in total. The van der Waals surface area contributed by atoms with Gasteiger partial charge < -0.3 is 14.6 Å². The highest BCUT2D eigenvalue weighted by Gasteiger charge is 2.38. The first-order valence-electron chi connectivity index (χ1n) is 8.70. The van der Waals surface area contributed by atoms with E-state index in [1.807, 2.05) is 0 Å². The molecule has 2 heterocycles. The van der Waals surface area contributed by atoms with Gasteiger partial charge in [0, 0.05) is 19.1 Å². The Kier molecular flexibility index (Phi) is 4.83. The van der Waals surface area contributed by atoms with E-state index >= 15 is 0 Å². The van der Waals surface area contributed by atoms with Crippen LogP contribution in [0.15, 0.2) is 12.1 Å². The summed E-state index contributed by atoms with van der Waals surface area (Å²) in [7, 11) is 3.36. The molecular weight excluding hydrogens is 290 g/mol. The fourth-order valence-corrected chi connectivity index (χ4v) is 4.26. The topological polar surface area (TPSA) is 41.9 Å². The Morgan fingerprint density at radius 3 is 2.57 bits per heavy atom. The zero-order valence-corrected chi connectivity index (χ0v) is 14.7. The molecule has 1 saturated heterocycles. The smallest absolute Gasteiger partial charge is 0.161 e. The van der Waals surface area contributed by atoms with Crippen molar-refractivity contribution < 1.29 is 14.6 Å². The molecule has 2 aliphatic heterocycles. The summed E-state index contributed by atoms with van der Waals surface area (Å²) in [5.74, 6) is 2.61. The van der Waals surface area contributed by atoms with Crippen molar-refractivity contribution in [1.82, 2.24) is 4.90 Å². The largest absolute Gasteiger partial charge is 0.493 e. The van der Waals surface area contributed by atoms with E-state index in [-0.39, 0.29) is 6.10 Å². The minimum Gasteiger partial charge on any atom is -0.493 e. The number of hydrogen-bond acceptors (Lipinski definition) is 4. The molecule has 0 bridgehead atoms. The van der Waals surface area contributed by atoms with Gasteiger partial charge in [-0.1, -0.05) is 13.8 Å². The standard InChI is InChI=1S/C19H29NO3/c1-12(2)7-14-11-20-6-5-13-8-18(22-3)19(23-4)9-15(13)16(20)10-17(14)21/h8-9,12,14,16-17,21H,5-7,10-11H2,1-4H3/t14-,16?,17?/m0/s1. The first kappa shape index (κ1) is 16.6. The van der Waals surface area contributed by atoms with E-state index in [1.165, 1.54) is 11.1 Å². The molecule has 0 aromatic heterocycles. The molecule has 3 rings (SSSR count). The lowest BCUT2D eigenvalue weighted by Gasteiger charge is -2.46. The molecule has 4 heteroatoms. The monoisotopic (exact) mass is 319 g/mol. The van der Waals surface area contributed by atoms with Crippen LogP contribution in [0.5, 0.6) is 11.5 Å². The third kappa shape index (κ3) is 3.20. The molecule has 128 valence electrons. The number of fused-ring (bicyclic) bond motifs is 3. The Balaban J connectivity index is 1.87. The van der Waals surface area contributed by atoms with Crippen LogP contribution in [-0.2, 0) is 6.42 Å². The molecule has 2 unspecified atom stereocenters. The van der Waals surface area contributed by atoms with Crippen molar-refractivity contribution in [2.75, 3.05) is 27.3 Å². The van der Waals surface area contributed by atoms with Crippen LogP contribution in [0.2, 0.25) is 0 Å². The van der Waals surface area contributed by atoms with Gasteiger partial charge in [-0.15, -0.1) is 0 Å². The Labute approximate surface area is 139 Å². The van der Waals surface area contributed by atoms with Gasteiger partial charge in [-0.3, -0.25) is 4.90 Å². The molecule has 1 fully saturated rings. The van der Waals surface area contributed by atoms with Crippen LogP contribution in [0.4, 0.5) is 0 Å². The van der Waals surface area contributed by atoms with Crippen molar-refractivity contribution in [3.8, 4) is 11.5 Å². The summed E-state index contributed by atoms with van der Waals surface area (Å²) in [4.78, 5) is 2.55. The minimum atomic E-state index is -0.210. The number of rotatable bonds is 4. The molecule has 1 aromatic rings. The lowest BCUT2D eigenvalue weighted by atomic mass is 9.79. The zero-order chi connectivity index (χ0) is 16.6. The Morgan fingerprint density at radius 1 is 1.22 bits per heavy atom. The van der Waals surface area contributed by atoms with Gasteiger partial charge in [-0.25, -0.2) is 0 Å². The quantitative estimate of drug-likeness (QED) is 0.926. The zero-order valence-electron chi connectivity index (χ0n) is 14.7. The van der Waals surface area contributed by atoms with E-state index in [0.717, 1.165) is 43.9 Å². The maximum Gasteiger partial charge on any atom is 0.161 e. The summed E-state index contributed by atoms with van der Waals surface area (Å²) in [5, 5.41) is 10.6. The highest BCUT2D eigenvalue weighted by Crippen LogP contribution is 2.43. The second kappa shape index (κ2) is 6.70. The molecule has 23 heavy (non-hydrogen) atoms. The van der Waals surface area contributed by atoms with Crippen LogP contribution in [0, 0.1) is 11.8 Å². The number of nitrogens with zero attached hydrogens (tertiary/aromatic N) is 1. The van der Waals surface area contributed by atoms with Crippen molar-refractivity contribution in [2.45, 2.75) is 45.3 Å². The normalized spacial score (nSPS) is 27.5. The summed E-state index contributed by atoms with van der Waals surface area (Å²) in [6.07, 6.45) is 2.75. The van der Waals surface area contributed by atoms with E-state index in [1.54, 1.807) is 14.2 Å². The number of aliphatic hydroxyl groups is 1. The van der Waals surface area contributed by atoms with Crippen molar-refractivity contribution >= 4 is 0 Å². The molecule has 0 amide bonds. The molecular formula is C19H29NO3. The summed E-state index contributed by atoms with van der Waals surface area (Å²) in [6.45, 7) is 6.54. The SMILES string of the molecule is COc1cc2c(cc1OC)C1CC(O)[C@@H](CC(C)C)CN1CC2. The Morgan fingerprint density at radius 2 is 1.91 bits per heavy atom. The van der Waals surface area contributed by atoms with Crippen LogP contribution in [-0.4, -0.2) is 43.4 Å². The second-order valence-corrected chi connectivity index (χ2v) is 7.36. The molecule has 3 atom stereocenters. The predicted molar refractivity (Wildman–Crippen MR) is 91.1 cm³/mol. The molecule has 0 spiro atoms. The molecule has 2 aliphatic rings. The Hall–Kier alpha value is -1.26. The van der Waals surface area contributed by atoms with Gasteiger partial charge in [0.25, 0.3) is 0 Å². The van der Waals surface area contributed by atoms with E-state index < -0.39 is 0 Å². The molecule has 1 N–H and O–H groups in total. The van der Waals surface area contributed by atoms with Crippen molar-refractivity contribution in [3.05, 3.63) is 23.3 Å². The minimum absolute atomic E-state index is 0.210. The van der Waals surface area contributed by atoms with Crippen LogP contribution in [0.25, 0.3) is 0 Å². The number of hydrogen-bond donors (Lipinski definition) is 1. The lowest BCUT2D eigenvalue weighted by molar-refractivity contribution is -0.0191. The van der Waals surface area contributed by atoms with Crippen LogP contribution in [0.1, 0.15) is 43.9 Å². The van der Waals surface area contributed by atoms with Crippen LogP contribution >= 0.6 is 0 Å². The van der Waals surface area contributed by atoms with Crippen molar-refractivity contribution in [3.63, 3.8) is 0 Å². The lowest BCUT2D eigenvalue weighted by Crippen LogP contribution is -2.48. The maximum absolute atomic E-state index is 10.6. The van der Waals surface area contributed by atoms with Crippen LogP contribution < -0.4 is 9.47 Å². The van der Waals surface area contributed by atoms with Gasteiger partial charge in [0.1, 0.15) is 0 Å². The number of methoxy groups -OCH3 is 2. The van der Waals surface area contributed by atoms with Gasteiger partial charge >= 0.3 is 0 Å². The average Bonchev–Trinajstić information content (AvgIpc) is 2.53. The average molecular weight is 319 g/mol. The third-order valence-corrected chi connectivity index (χ3v) is 5.37. The Bertz CT molecular complexity index is 558. The van der Waals surface area contributed by atoms with Gasteiger partial charge in [-0.2, -0.15) is 0 Å². The van der Waals surface area contributed by atoms with Crippen molar-refractivity contribution in [2.24, 2.45) is 11.8 Å². The fourth-order valence-electron chi connectivity index (χ4n) is 4.26. The van der Waals surface area contributed by atoms with Crippen molar-refractivity contribution in [1.29, 1.82) is 0 Å². The molecule has 1 aromatic carbocycles. The first-order chi connectivity index (χ1) is 11.0. The number of aliphatic hydroxyl groups excluding tert-OH is 1. The summed E-state index contributed by atoms with van der Waals surface area (Å²) in [5.41, 5.74) is 2.63. The first-order valence-corrected chi connectivity index (χ1v) is 8.70. The van der Waals surface area contributed by atoms with E-state index in [0.29, 0.717) is 17.9 Å². The summed E-state index contributed by atoms with van der Waals surface area (Å²) >= 11 is 0. The highest BCUT2D eigenvalue weighted by molar-refractivity contribution is 5.49. The highest BCUT2D eigenvalue weighted by atomic mass is 16.5. The predicted octanol–water partition coefficient (Wildman–Crippen LogP) is 3.03. The molecule has 0 radical (unpaired) electrons. The second-order valence-electron chi connectivity index (χ2n) is 7.36. The van der Waals surface area contributed by atoms with E-state index in [2.05, 4.69) is 30.9 Å². The molecule has 0 aliphatic carbocycles. The number of benzene rings is 1. The van der Waals surface area contributed by atoms with E-state index in [9.17, 15) is 5.11 Å². The van der Waals surface area contributed by atoms with Crippen LogP contribution in [0.3, 0.4) is 0 Å².